The van der Waals surface area contributed by atoms with Gasteiger partial charge >= 0.3 is 5.97 Å². The van der Waals surface area contributed by atoms with E-state index in [1.54, 1.807) is 17.0 Å². The highest BCUT2D eigenvalue weighted by atomic mass is 32.2. The first kappa shape index (κ1) is 56.7. The van der Waals surface area contributed by atoms with Crippen molar-refractivity contribution in [2.75, 3.05) is 29.4 Å². The van der Waals surface area contributed by atoms with Gasteiger partial charge in [-0.3, -0.25) is 28.3 Å². The molecular formula is C59H64N5O12S2+. The molecule has 0 atom stereocenters. The summed E-state index contributed by atoms with van der Waals surface area (Å²) < 4.78 is 71.1. The topological polar surface area (TPSA) is 228 Å². The minimum atomic E-state index is -4.50. The zero-order chi connectivity index (χ0) is 56.0. The van der Waals surface area contributed by atoms with E-state index in [9.17, 15) is 49.9 Å². The number of anilines is 2. The third-order valence-corrected chi connectivity index (χ3v) is 16.3. The van der Waals surface area contributed by atoms with Gasteiger partial charge in [0.05, 0.1) is 27.4 Å². The number of rotatable bonds is 21. The summed E-state index contributed by atoms with van der Waals surface area (Å²) in [5.41, 5.74) is 6.57. The Morgan fingerprint density at radius 2 is 1.35 bits per heavy atom. The Labute approximate surface area is 455 Å². The van der Waals surface area contributed by atoms with Crippen LogP contribution in [-0.2, 0) is 66.4 Å². The van der Waals surface area contributed by atoms with Crippen molar-refractivity contribution in [2.24, 2.45) is 0 Å². The van der Waals surface area contributed by atoms with Crippen molar-refractivity contribution in [1.82, 2.24) is 10.4 Å². The van der Waals surface area contributed by atoms with E-state index in [-0.39, 0.29) is 60.3 Å². The molecule has 0 spiro atoms. The van der Waals surface area contributed by atoms with E-state index in [2.05, 4.69) is 26.6 Å². The van der Waals surface area contributed by atoms with Crippen LogP contribution in [0, 0.1) is 11.8 Å². The van der Waals surface area contributed by atoms with Crippen LogP contribution in [-0.4, -0.2) is 90.5 Å². The number of carbonyl (C=O) groups excluding carboxylic acids is 5. The highest BCUT2D eigenvalue weighted by Crippen LogP contribution is 2.49. The van der Waals surface area contributed by atoms with Crippen molar-refractivity contribution in [3.63, 3.8) is 0 Å². The molecule has 0 unspecified atom stereocenters. The second-order valence-electron chi connectivity index (χ2n) is 20.7. The predicted molar refractivity (Wildman–Crippen MR) is 294 cm³/mol. The number of nitrogens with one attached hydrogen (secondary N) is 1. The SMILES string of the molecule is CC1(C)C(/C=C/C=C/C=C2/N(CCCCCC(=O)ON3C(=O)CCC3=O)c3ccc(S(=O)(=O)O)cc3C2(C)C)=[N+](CCCCCC(=O)NCCC(=O)N2Cc3ccccc3C#Cc3ccccc32)c2ccc(S(=O)(=O)O)cc21. The van der Waals surface area contributed by atoms with Crippen LogP contribution in [0.3, 0.4) is 0 Å². The molecule has 19 heteroatoms. The van der Waals surface area contributed by atoms with Crippen LogP contribution in [0.4, 0.5) is 17.1 Å². The molecule has 0 aromatic heterocycles. The minimum absolute atomic E-state index is 0.00299. The average Bonchev–Trinajstić information content (AvgIpc) is 4.08. The minimum Gasteiger partial charge on any atom is -0.356 e. The van der Waals surface area contributed by atoms with Crippen LogP contribution >= 0.6 is 0 Å². The van der Waals surface area contributed by atoms with E-state index in [1.807, 2.05) is 107 Å². The Hall–Kier alpha value is -7.50. The molecule has 0 aliphatic carbocycles. The standard InChI is InChI=1S/C59H63N5O12S2/c1-58(2)46-38-44(77(70,71)72)28-30-49(46)61(36-16-6-10-24-53(65)60-35-34-54(66)63-40-43-20-13-12-18-41(43)26-27-42-19-14-15-21-48(42)63)51(58)22-8-5-9-23-52-59(3,4)47-39-45(78(73,74)75)29-31-50(47)62(52)37-17-7-11-25-57(69)76-64-55(67)32-33-56(64)68/h5,8-9,12-15,18-23,28-31,38-39H,6-7,10-11,16-17,24-25,32-37,40H2,1-4H3,(H2-,60,65,70,71,72,73,74,75)/p+1. The number of amides is 4. The Kier molecular flexibility index (Phi) is 17.2. The molecule has 4 amide bonds. The van der Waals surface area contributed by atoms with Crippen LogP contribution in [0.5, 0.6) is 0 Å². The number of fused-ring (bicyclic) bond motifs is 4. The van der Waals surface area contributed by atoms with Crippen molar-refractivity contribution < 1.29 is 59.3 Å². The maximum atomic E-state index is 13.7. The Morgan fingerprint density at radius 3 is 2.08 bits per heavy atom. The summed E-state index contributed by atoms with van der Waals surface area (Å²) in [7, 11) is -8.99. The maximum Gasteiger partial charge on any atom is 0.333 e. The molecule has 1 saturated heterocycles. The summed E-state index contributed by atoms with van der Waals surface area (Å²) in [6.07, 6.45) is 13.5. The molecule has 408 valence electrons. The zero-order valence-electron chi connectivity index (χ0n) is 44.2. The normalized spacial score (nSPS) is 16.9. The van der Waals surface area contributed by atoms with E-state index >= 15 is 0 Å². The third-order valence-electron chi connectivity index (χ3n) is 14.6. The number of imide groups is 1. The van der Waals surface area contributed by atoms with Gasteiger partial charge in [0.1, 0.15) is 6.54 Å². The smallest absolute Gasteiger partial charge is 0.333 e. The molecule has 0 radical (unpaired) electrons. The molecule has 4 aromatic rings. The van der Waals surface area contributed by atoms with Gasteiger partial charge in [0.25, 0.3) is 32.1 Å². The van der Waals surface area contributed by atoms with Gasteiger partial charge in [-0.05, 0) is 105 Å². The molecule has 3 N–H and O–H groups in total. The fraction of sp³-hybridized carbons (Fsp3) is 0.356. The molecule has 0 bridgehead atoms. The van der Waals surface area contributed by atoms with Gasteiger partial charge < -0.3 is 20.0 Å². The van der Waals surface area contributed by atoms with E-state index in [0.717, 1.165) is 45.2 Å². The summed E-state index contributed by atoms with van der Waals surface area (Å²) in [5, 5.41) is 3.45. The lowest BCUT2D eigenvalue weighted by Crippen LogP contribution is -2.35. The number of nitrogens with zero attached hydrogens (tertiary/aromatic N) is 4. The monoisotopic (exact) mass is 1100 g/mol. The van der Waals surface area contributed by atoms with Crippen molar-refractivity contribution in [3.8, 4) is 11.8 Å². The molecule has 4 heterocycles. The molecule has 4 aliphatic rings. The van der Waals surface area contributed by atoms with E-state index in [0.29, 0.717) is 74.3 Å². The first-order valence-corrected chi connectivity index (χ1v) is 29.0. The number of hydrogen-bond acceptors (Lipinski definition) is 11. The average molecular weight is 1100 g/mol. The molecular weight excluding hydrogens is 1030 g/mol. The fourth-order valence-corrected chi connectivity index (χ4v) is 11.5. The molecule has 4 aliphatic heterocycles. The maximum absolute atomic E-state index is 13.7. The lowest BCUT2D eigenvalue weighted by Gasteiger charge is -2.27. The lowest BCUT2D eigenvalue weighted by atomic mass is 9.81. The first-order chi connectivity index (χ1) is 37.0. The zero-order valence-corrected chi connectivity index (χ0v) is 45.8. The molecule has 0 saturated carbocycles. The van der Waals surface area contributed by atoms with Gasteiger partial charge in [-0.1, -0.05) is 80.7 Å². The number of para-hydroxylation sites is 1. The summed E-state index contributed by atoms with van der Waals surface area (Å²) in [6, 6.07) is 24.4. The molecule has 1 fully saturated rings. The Morgan fingerprint density at radius 1 is 0.705 bits per heavy atom. The number of allylic oxidation sites excluding steroid dienone is 6. The molecule has 17 nitrogen and oxygen atoms in total. The lowest BCUT2D eigenvalue weighted by molar-refractivity contribution is -0.438. The predicted octanol–water partition coefficient (Wildman–Crippen LogP) is 8.53. The molecule has 4 aromatic carbocycles. The van der Waals surface area contributed by atoms with Crippen molar-refractivity contribution in [2.45, 2.75) is 125 Å². The Balaban J connectivity index is 0.913. The highest BCUT2D eigenvalue weighted by Gasteiger charge is 2.45. The third kappa shape index (κ3) is 12.7. The molecule has 78 heavy (non-hydrogen) atoms. The van der Waals surface area contributed by atoms with E-state index in [1.165, 1.54) is 24.3 Å². The summed E-state index contributed by atoms with van der Waals surface area (Å²) in [5.74, 6) is 4.39. The highest BCUT2D eigenvalue weighted by molar-refractivity contribution is 7.86. The summed E-state index contributed by atoms with van der Waals surface area (Å²) >= 11 is 0. The molecule has 8 rings (SSSR count). The van der Waals surface area contributed by atoms with Crippen molar-refractivity contribution in [1.29, 1.82) is 0 Å². The van der Waals surface area contributed by atoms with Crippen LogP contribution in [0.1, 0.15) is 126 Å². The van der Waals surface area contributed by atoms with Crippen LogP contribution in [0.25, 0.3) is 0 Å². The second kappa shape index (κ2) is 23.6. The number of benzene rings is 4. The van der Waals surface area contributed by atoms with Crippen molar-refractivity contribution in [3.05, 3.63) is 149 Å². The number of hydrogen-bond donors (Lipinski definition) is 3. The van der Waals surface area contributed by atoms with Crippen LogP contribution in [0.2, 0.25) is 0 Å². The number of hydroxylamine groups is 2. The van der Waals surface area contributed by atoms with E-state index < -0.39 is 48.8 Å². The second-order valence-corrected chi connectivity index (χ2v) is 23.6. The van der Waals surface area contributed by atoms with Crippen LogP contribution < -0.4 is 15.1 Å². The van der Waals surface area contributed by atoms with Gasteiger partial charge in [0, 0.05) is 97.2 Å². The van der Waals surface area contributed by atoms with Gasteiger partial charge in [-0.15, -0.1) is 5.06 Å². The quantitative estimate of drug-likeness (QED) is 0.0178. The summed E-state index contributed by atoms with van der Waals surface area (Å²) in [4.78, 5) is 71.3. The van der Waals surface area contributed by atoms with Gasteiger partial charge in [0.2, 0.25) is 17.5 Å². The fourth-order valence-electron chi connectivity index (χ4n) is 10.5. The largest absolute Gasteiger partial charge is 0.356 e. The van der Waals surface area contributed by atoms with Gasteiger partial charge in [0.15, 0.2) is 5.71 Å². The van der Waals surface area contributed by atoms with Gasteiger partial charge in [-0.2, -0.15) is 21.4 Å². The van der Waals surface area contributed by atoms with Crippen LogP contribution in [0.15, 0.2) is 131 Å². The van der Waals surface area contributed by atoms with E-state index in [4.69, 9.17) is 4.84 Å². The number of carbonyl (C=O) groups is 5. The number of unbranched alkanes of at least 4 members (excludes halogenated alkanes) is 4. The first-order valence-electron chi connectivity index (χ1n) is 26.1. The summed E-state index contributed by atoms with van der Waals surface area (Å²) in [6.45, 7) is 9.47. The Bertz CT molecular complexity index is 3480. The van der Waals surface area contributed by atoms with Gasteiger partial charge in [-0.25, -0.2) is 4.79 Å². The van der Waals surface area contributed by atoms with Crippen molar-refractivity contribution >= 4 is 72.6 Å².